The summed E-state index contributed by atoms with van der Waals surface area (Å²) >= 11 is 1.80. The molecule has 1 aromatic carbocycles. The number of rotatable bonds is 5. The molecule has 3 nitrogen and oxygen atoms in total. The molecule has 0 aliphatic heterocycles. The number of hydrogen-bond acceptors (Lipinski definition) is 3. The minimum atomic E-state index is 0.574. The molecule has 0 bridgehead atoms. The summed E-state index contributed by atoms with van der Waals surface area (Å²) in [6, 6.07) is 8.02. The highest BCUT2D eigenvalue weighted by Crippen LogP contribution is 2.26. The Hall–Kier alpha value is -1.42. The van der Waals surface area contributed by atoms with Gasteiger partial charge in [0.15, 0.2) is 5.16 Å². The molecule has 1 unspecified atom stereocenters. The Kier molecular flexibility index (Phi) is 4.31. The van der Waals surface area contributed by atoms with Gasteiger partial charge in [0.25, 0.3) is 0 Å². The van der Waals surface area contributed by atoms with Crippen LogP contribution in [0.4, 0.5) is 0 Å². The summed E-state index contributed by atoms with van der Waals surface area (Å²) in [5, 5.41) is 1.61. The van der Waals surface area contributed by atoms with E-state index in [1.807, 2.05) is 36.7 Å². The van der Waals surface area contributed by atoms with Crippen molar-refractivity contribution < 1.29 is 4.74 Å². The molecule has 0 aliphatic carbocycles. The predicted molar refractivity (Wildman–Crippen MR) is 75.7 cm³/mol. The van der Waals surface area contributed by atoms with Crippen LogP contribution in [0.15, 0.2) is 41.8 Å². The van der Waals surface area contributed by atoms with Crippen molar-refractivity contribution in [2.45, 2.75) is 30.7 Å². The third-order valence-electron chi connectivity index (χ3n) is 2.84. The van der Waals surface area contributed by atoms with Gasteiger partial charge in [0.05, 0.1) is 7.11 Å². The first-order chi connectivity index (χ1) is 8.74. The number of nitrogens with zero attached hydrogens (tertiary/aromatic N) is 2. The molecule has 0 N–H and O–H groups in total. The van der Waals surface area contributed by atoms with Crippen molar-refractivity contribution in [3.63, 3.8) is 0 Å². The van der Waals surface area contributed by atoms with E-state index in [0.29, 0.717) is 5.25 Å². The highest BCUT2D eigenvalue weighted by molar-refractivity contribution is 7.99. The molecule has 0 amide bonds. The van der Waals surface area contributed by atoms with Crippen molar-refractivity contribution in [2.75, 3.05) is 7.11 Å². The van der Waals surface area contributed by atoms with Crippen LogP contribution in [0.3, 0.4) is 0 Å². The molecule has 96 valence electrons. The number of aromatic nitrogens is 2. The molecule has 4 heteroatoms. The summed E-state index contributed by atoms with van der Waals surface area (Å²) in [7, 11) is 1.68. The first kappa shape index (κ1) is 13.0. The Morgan fingerprint density at radius 1 is 1.33 bits per heavy atom. The van der Waals surface area contributed by atoms with Crippen molar-refractivity contribution in [3.8, 4) is 11.4 Å². The topological polar surface area (TPSA) is 27.1 Å². The standard InChI is InChI=1S/C14H18N2OS/c1-4-11(2)18-14-15-9-10-16(14)12-5-7-13(17-3)8-6-12/h5-11H,4H2,1-3H3. The zero-order chi connectivity index (χ0) is 13.0. The van der Waals surface area contributed by atoms with E-state index in [0.717, 1.165) is 23.0 Å². The Morgan fingerprint density at radius 2 is 2.06 bits per heavy atom. The molecule has 2 rings (SSSR count). The van der Waals surface area contributed by atoms with Gasteiger partial charge in [-0.25, -0.2) is 4.98 Å². The van der Waals surface area contributed by atoms with Crippen LogP contribution in [0.5, 0.6) is 5.75 Å². The lowest BCUT2D eigenvalue weighted by molar-refractivity contribution is 0.414. The molecule has 0 spiro atoms. The zero-order valence-corrected chi connectivity index (χ0v) is 11.8. The van der Waals surface area contributed by atoms with E-state index in [-0.39, 0.29) is 0 Å². The number of imidazole rings is 1. The van der Waals surface area contributed by atoms with E-state index < -0.39 is 0 Å². The molecule has 2 aromatic rings. The van der Waals surface area contributed by atoms with Gasteiger partial charge in [-0.05, 0) is 30.7 Å². The van der Waals surface area contributed by atoms with E-state index in [1.165, 1.54) is 0 Å². The maximum Gasteiger partial charge on any atom is 0.172 e. The van der Waals surface area contributed by atoms with Crippen molar-refractivity contribution in [2.24, 2.45) is 0 Å². The fourth-order valence-electron chi connectivity index (χ4n) is 1.58. The third-order valence-corrected chi connectivity index (χ3v) is 4.09. The van der Waals surface area contributed by atoms with E-state index in [1.54, 1.807) is 18.9 Å². The average molecular weight is 262 g/mol. The van der Waals surface area contributed by atoms with Gasteiger partial charge < -0.3 is 4.74 Å². The summed E-state index contributed by atoms with van der Waals surface area (Å²) in [6.45, 7) is 4.41. The minimum absolute atomic E-state index is 0.574. The Bertz CT molecular complexity index is 493. The summed E-state index contributed by atoms with van der Waals surface area (Å²) in [6.07, 6.45) is 4.97. The second-order valence-electron chi connectivity index (χ2n) is 4.11. The largest absolute Gasteiger partial charge is 0.497 e. The second kappa shape index (κ2) is 5.96. The number of methoxy groups -OCH3 is 1. The summed E-state index contributed by atoms with van der Waals surface area (Å²) in [5.74, 6) is 0.870. The number of hydrogen-bond donors (Lipinski definition) is 0. The molecule has 18 heavy (non-hydrogen) atoms. The maximum absolute atomic E-state index is 5.17. The van der Waals surface area contributed by atoms with E-state index >= 15 is 0 Å². The lowest BCUT2D eigenvalue weighted by Crippen LogP contribution is -1.99. The van der Waals surface area contributed by atoms with Crippen LogP contribution in [0.1, 0.15) is 20.3 Å². The van der Waals surface area contributed by atoms with Crippen molar-refractivity contribution in [1.29, 1.82) is 0 Å². The number of ether oxygens (including phenoxy) is 1. The third kappa shape index (κ3) is 2.88. The predicted octanol–water partition coefficient (Wildman–Crippen LogP) is 3.77. The molecular weight excluding hydrogens is 244 g/mol. The average Bonchev–Trinajstić information content (AvgIpc) is 2.86. The first-order valence-electron chi connectivity index (χ1n) is 6.09. The lowest BCUT2D eigenvalue weighted by atomic mass is 10.3. The van der Waals surface area contributed by atoms with Gasteiger partial charge in [0, 0.05) is 23.3 Å². The quantitative estimate of drug-likeness (QED) is 0.767. The highest BCUT2D eigenvalue weighted by atomic mass is 32.2. The van der Waals surface area contributed by atoms with Crippen LogP contribution in [-0.2, 0) is 0 Å². The summed E-state index contributed by atoms with van der Waals surface area (Å²) < 4.78 is 7.28. The van der Waals surface area contributed by atoms with Gasteiger partial charge in [0.1, 0.15) is 5.75 Å². The zero-order valence-electron chi connectivity index (χ0n) is 11.0. The smallest absolute Gasteiger partial charge is 0.172 e. The molecule has 1 aromatic heterocycles. The van der Waals surface area contributed by atoms with E-state index in [2.05, 4.69) is 23.4 Å². The monoisotopic (exact) mass is 262 g/mol. The molecular formula is C14H18N2OS. The van der Waals surface area contributed by atoms with Crippen LogP contribution < -0.4 is 4.74 Å². The molecule has 0 aliphatic rings. The number of benzene rings is 1. The molecule has 0 fully saturated rings. The Balaban J connectivity index is 2.24. The van der Waals surface area contributed by atoms with Crippen molar-refractivity contribution in [1.82, 2.24) is 9.55 Å². The molecule has 0 saturated carbocycles. The lowest BCUT2D eigenvalue weighted by Gasteiger charge is -2.11. The highest BCUT2D eigenvalue weighted by Gasteiger charge is 2.09. The summed E-state index contributed by atoms with van der Waals surface area (Å²) in [4.78, 5) is 4.42. The van der Waals surface area contributed by atoms with Crippen LogP contribution >= 0.6 is 11.8 Å². The van der Waals surface area contributed by atoms with Crippen molar-refractivity contribution in [3.05, 3.63) is 36.7 Å². The van der Waals surface area contributed by atoms with Crippen molar-refractivity contribution >= 4 is 11.8 Å². The van der Waals surface area contributed by atoms with Crippen LogP contribution in [0.25, 0.3) is 5.69 Å². The maximum atomic E-state index is 5.17. The molecule has 1 atom stereocenters. The van der Waals surface area contributed by atoms with Crippen LogP contribution in [-0.4, -0.2) is 21.9 Å². The Morgan fingerprint density at radius 3 is 2.67 bits per heavy atom. The van der Waals surface area contributed by atoms with Gasteiger partial charge in [-0.15, -0.1) is 0 Å². The minimum Gasteiger partial charge on any atom is -0.497 e. The van der Waals surface area contributed by atoms with Gasteiger partial charge in [-0.2, -0.15) is 0 Å². The fourth-order valence-corrected chi connectivity index (χ4v) is 2.51. The first-order valence-corrected chi connectivity index (χ1v) is 6.97. The van der Waals surface area contributed by atoms with Gasteiger partial charge in [-0.1, -0.05) is 25.6 Å². The molecule has 0 radical (unpaired) electrons. The second-order valence-corrected chi connectivity index (χ2v) is 5.52. The SMILES string of the molecule is CCC(C)Sc1nccn1-c1ccc(OC)cc1. The normalized spacial score (nSPS) is 12.4. The van der Waals surface area contributed by atoms with Crippen LogP contribution in [0.2, 0.25) is 0 Å². The van der Waals surface area contributed by atoms with Gasteiger partial charge in [0.2, 0.25) is 0 Å². The number of thioether (sulfide) groups is 1. The fraction of sp³-hybridized carbons (Fsp3) is 0.357. The van der Waals surface area contributed by atoms with E-state index in [4.69, 9.17) is 4.74 Å². The van der Waals surface area contributed by atoms with Crippen LogP contribution in [0, 0.1) is 0 Å². The van der Waals surface area contributed by atoms with Gasteiger partial charge >= 0.3 is 0 Å². The molecule has 1 heterocycles. The molecule has 0 saturated heterocycles. The Labute approximate surface area is 112 Å². The van der Waals surface area contributed by atoms with E-state index in [9.17, 15) is 0 Å². The summed E-state index contributed by atoms with van der Waals surface area (Å²) in [5.41, 5.74) is 1.11. The van der Waals surface area contributed by atoms with Gasteiger partial charge in [-0.3, -0.25) is 4.57 Å².